The smallest absolute Gasteiger partial charge is 0.0556 e. The molecule has 1 saturated carbocycles. The Morgan fingerprint density at radius 2 is 1.89 bits per heavy atom. The molecule has 0 radical (unpaired) electrons. The van der Waals surface area contributed by atoms with Crippen LogP contribution in [-0.2, 0) is 0 Å². The first-order valence-electron chi connectivity index (χ1n) is 6.76. The Hall–Kier alpha value is 0.470. The van der Waals surface area contributed by atoms with Gasteiger partial charge in [-0.2, -0.15) is 0 Å². The minimum Gasteiger partial charge on any atom is -0.146 e. The van der Waals surface area contributed by atoms with Crippen LogP contribution in [0.4, 0.5) is 0 Å². The molecule has 0 bridgehead atoms. The molecule has 0 nitrogen and oxygen atoms in total. The van der Waals surface area contributed by atoms with Gasteiger partial charge in [-0.15, -0.1) is 11.3 Å². The van der Waals surface area contributed by atoms with Gasteiger partial charge in [-0.05, 0) is 54.4 Å². The molecule has 1 aromatic rings. The van der Waals surface area contributed by atoms with Gasteiger partial charge in [0.15, 0.2) is 0 Å². The highest BCUT2D eigenvalue weighted by molar-refractivity contribution is 9.09. The third-order valence-corrected chi connectivity index (χ3v) is 7.26. The van der Waals surface area contributed by atoms with Crippen LogP contribution in [0.3, 0.4) is 0 Å². The number of hydrogen-bond acceptors (Lipinski definition) is 1. The van der Waals surface area contributed by atoms with Crippen molar-refractivity contribution < 1.29 is 0 Å². The average Bonchev–Trinajstić information content (AvgIpc) is 2.73. The summed E-state index contributed by atoms with van der Waals surface area (Å²) in [6.45, 7) is 7.12. The SMILES string of the molecule is CC(C)(C)C1CCC(C(Br)c2sccc2Cl)CC1. The standard InChI is InChI=1S/C15H22BrClS/c1-15(2,3)11-6-4-10(5-7-11)13(16)14-12(17)8-9-18-14/h8-11,13H,4-7H2,1-3H3. The minimum absolute atomic E-state index is 0.450. The van der Waals surface area contributed by atoms with Gasteiger partial charge >= 0.3 is 0 Å². The fraction of sp³-hybridized carbons (Fsp3) is 0.733. The monoisotopic (exact) mass is 348 g/mol. The van der Waals surface area contributed by atoms with Crippen LogP contribution in [0.1, 0.15) is 56.2 Å². The molecule has 0 amide bonds. The van der Waals surface area contributed by atoms with Gasteiger partial charge in [0, 0.05) is 4.88 Å². The second-order valence-electron chi connectivity index (χ2n) is 6.51. The highest BCUT2D eigenvalue weighted by Crippen LogP contribution is 2.48. The Kier molecular flexibility index (Phi) is 4.83. The fourth-order valence-corrected chi connectivity index (χ4v) is 5.47. The van der Waals surface area contributed by atoms with Crippen molar-refractivity contribution >= 4 is 38.9 Å². The molecule has 0 aliphatic heterocycles. The zero-order valence-electron chi connectivity index (χ0n) is 11.4. The molecule has 1 aromatic heterocycles. The summed E-state index contributed by atoms with van der Waals surface area (Å²) in [6.07, 6.45) is 5.37. The van der Waals surface area contributed by atoms with Gasteiger partial charge in [-0.25, -0.2) is 0 Å². The molecule has 3 heteroatoms. The molecule has 1 aliphatic rings. The summed E-state index contributed by atoms with van der Waals surface area (Å²) in [4.78, 5) is 1.77. The van der Waals surface area contributed by atoms with E-state index in [-0.39, 0.29) is 0 Å². The normalized spacial score (nSPS) is 27.2. The Balaban J connectivity index is 1.96. The van der Waals surface area contributed by atoms with Gasteiger partial charge in [0.2, 0.25) is 0 Å². The number of alkyl halides is 1. The Morgan fingerprint density at radius 1 is 1.28 bits per heavy atom. The van der Waals surface area contributed by atoms with Crippen molar-refractivity contribution in [2.75, 3.05) is 0 Å². The number of thiophene rings is 1. The van der Waals surface area contributed by atoms with Crippen molar-refractivity contribution in [2.45, 2.75) is 51.3 Å². The first-order chi connectivity index (χ1) is 8.39. The predicted octanol–water partition coefficient (Wildman–Crippen LogP) is 6.69. The summed E-state index contributed by atoms with van der Waals surface area (Å²) < 4.78 is 0. The van der Waals surface area contributed by atoms with Gasteiger partial charge in [0.1, 0.15) is 0 Å². The molecule has 1 unspecified atom stereocenters. The molecule has 0 saturated heterocycles. The molecule has 1 aliphatic carbocycles. The third kappa shape index (κ3) is 3.32. The number of rotatable bonds is 2. The summed E-state index contributed by atoms with van der Waals surface area (Å²) >= 11 is 11.9. The van der Waals surface area contributed by atoms with Gasteiger partial charge in [0.25, 0.3) is 0 Å². The molecule has 0 N–H and O–H groups in total. The maximum Gasteiger partial charge on any atom is 0.0556 e. The molecular weight excluding hydrogens is 328 g/mol. The maximum absolute atomic E-state index is 6.24. The lowest BCUT2D eigenvalue weighted by Crippen LogP contribution is -2.27. The molecular formula is C15H22BrClS. The molecule has 0 spiro atoms. The first-order valence-corrected chi connectivity index (χ1v) is 8.94. The molecule has 0 aromatic carbocycles. The van der Waals surface area contributed by atoms with Crippen LogP contribution < -0.4 is 0 Å². The zero-order valence-corrected chi connectivity index (χ0v) is 14.5. The van der Waals surface area contributed by atoms with E-state index in [1.807, 2.05) is 6.07 Å². The lowest BCUT2D eigenvalue weighted by atomic mass is 9.69. The average molecular weight is 350 g/mol. The first kappa shape index (κ1) is 14.9. The van der Waals surface area contributed by atoms with Gasteiger partial charge in [-0.1, -0.05) is 48.3 Å². The molecule has 1 heterocycles. The van der Waals surface area contributed by atoms with Crippen molar-refractivity contribution in [3.8, 4) is 0 Å². The molecule has 2 rings (SSSR count). The minimum atomic E-state index is 0.450. The molecule has 18 heavy (non-hydrogen) atoms. The summed E-state index contributed by atoms with van der Waals surface area (Å²) in [7, 11) is 0. The van der Waals surface area contributed by atoms with E-state index in [2.05, 4.69) is 42.1 Å². The fourth-order valence-electron chi connectivity index (χ4n) is 2.99. The number of hydrogen-bond donors (Lipinski definition) is 0. The highest BCUT2D eigenvalue weighted by Gasteiger charge is 2.33. The van der Waals surface area contributed by atoms with Gasteiger partial charge in [0.05, 0.1) is 9.85 Å². The Labute approximate surface area is 128 Å². The second kappa shape index (κ2) is 5.85. The van der Waals surface area contributed by atoms with Crippen LogP contribution in [0.25, 0.3) is 0 Å². The van der Waals surface area contributed by atoms with Crippen LogP contribution in [0.5, 0.6) is 0 Å². The summed E-state index contributed by atoms with van der Waals surface area (Å²) in [5.74, 6) is 1.63. The Morgan fingerprint density at radius 3 is 2.33 bits per heavy atom. The number of halogens is 2. The lowest BCUT2D eigenvalue weighted by Gasteiger charge is -2.38. The van der Waals surface area contributed by atoms with E-state index < -0.39 is 0 Å². The van der Waals surface area contributed by atoms with E-state index in [0.29, 0.717) is 10.2 Å². The van der Waals surface area contributed by atoms with E-state index in [9.17, 15) is 0 Å². The van der Waals surface area contributed by atoms with Crippen molar-refractivity contribution in [1.82, 2.24) is 0 Å². The van der Waals surface area contributed by atoms with Gasteiger partial charge < -0.3 is 0 Å². The van der Waals surface area contributed by atoms with E-state index in [4.69, 9.17) is 11.6 Å². The summed E-state index contributed by atoms with van der Waals surface area (Å²) in [5.41, 5.74) is 0.466. The van der Waals surface area contributed by atoms with Crippen LogP contribution in [-0.4, -0.2) is 0 Å². The third-order valence-electron chi connectivity index (χ3n) is 4.31. The van der Waals surface area contributed by atoms with Crippen molar-refractivity contribution in [3.05, 3.63) is 21.3 Å². The lowest BCUT2D eigenvalue weighted by molar-refractivity contribution is 0.150. The molecule has 102 valence electrons. The topological polar surface area (TPSA) is 0 Å². The highest BCUT2D eigenvalue weighted by atomic mass is 79.9. The largest absolute Gasteiger partial charge is 0.146 e. The molecule has 1 atom stereocenters. The van der Waals surface area contributed by atoms with Crippen molar-refractivity contribution in [2.24, 2.45) is 17.3 Å². The van der Waals surface area contributed by atoms with E-state index >= 15 is 0 Å². The maximum atomic E-state index is 6.24. The van der Waals surface area contributed by atoms with Crippen LogP contribution in [0, 0.1) is 17.3 Å². The zero-order chi connectivity index (χ0) is 13.3. The summed E-state index contributed by atoms with van der Waals surface area (Å²) in [5, 5.41) is 3.02. The van der Waals surface area contributed by atoms with E-state index in [1.54, 1.807) is 11.3 Å². The van der Waals surface area contributed by atoms with Crippen LogP contribution >= 0.6 is 38.9 Å². The molecule has 1 fully saturated rings. The van der Waals surface area contributed by atoms with Gasteiger partial charge in [-0.3, -0.25) is 0 Å². The second-order valence-corrected chi connectivity index (χ2v) is 8.85. The van der Waals surface area contributed by atoms with Crippen molar-refractivity contribution in [1.29, 1.82) is 0 Å². The summed E-state index contributed by atoms with van der Waals surface area (Å²) in [6, 6.07) is 2.01. The Bertz CT molecular complexity index is 385. The quantitative estimate of drug-likeness (QED) is 0.522. The van der Waals surface area contributed by atoms with E-state index in [1.165, 1.54) is 30.6 Å². The van der Waals surface area contributed by atoms with E-state index in [0.717, 1.165) is 16.9 Å². The van der Waals surface area contributed by atoms with Crippen LogP contribution in [0.2, 0.25) is 5.02 Å². The van der Waals surface area contributed by atoms with Crippen molar-refractivity contribution in [3.63, 3.8) is 0 Å². The predicted molar refractivity (Wildman–Crippen MR) is 85.9 cm³/mol. The van der Waals surface area contributed by atoms with Crippen LogP contribution in [0.15, 0.2) is 11.4 Å².